The Hall–Kier alpha value is -0.720. The highest BCUT2D eigenvalue weighted by Gasteiger charge is 2.23. The zero-order valence-electron chi connectivity index (χ0n) is 9.32. The first-order valence-corrected chi connectivity index (χ1v) is 5.85. The van der Waals surface area contributed by atoms with E-state index in [0.29, 0.717) is 0 Å². The molecular weight excluding hydrogens is 170 g/mol. The molecule has 0 aliphatic heterocycles. The fourth-order valence-electron chi connectivity index (χ4n) is 3.05. The highest BCUT2D eigenvalue weighted by Crippen LogP contribution is 2.33. The summed E-state index contributed by atoms with van der Waals surface area (Å²) in [6.07, 6.45) is 8.64. The lowest BCUT2D eigenvalue weighted by Gasteiger charge is -2.31. The normalized spacial score (nSPS) is 33.1. The van der Waals surface area contributed by atoms with Gasteiger partial charge in [-0.1, -0.05) is 13.8 Å². The molecule has 78 valence electrons. The third-order valence-corrected chi connectivity index (χ3v) is 3.41. The molecule has 1 aromatic rings. The van der Waals surface area contributed by atoms with Crippen molar-refractivity contribution in [2.24, 2.45) is 17.8 Å². The van der Waals surface area contributed by atoms with Crippen LogP contribution >= 0.6 is 0 Å². The van der Waals surface area contributed by atoms with Gasteiger partial charge in [-0.05, 0) is 49.1 Å². The average molecular weight is 191 g/mol. The first-order chi connectivity index (χ1) is 6.74. The molecular formula is C13H21N. The summed E-state index contributed by atoms with van der Waals surface area (Å²) in [5.74, 6) is 2.76. The molecule has 1 saturated carbocycles. The summed E-state index contributed by atoms with van der Waals surface area (Å²) in [6.45, 7) is 6.03. The maximum absolute atomic E-state index is 2.40. The molecule has 14 heavy (non-hydrogen) atoms. The Labute approximate surface area is 87.1 Å². The zero-order valence-corrected chi connectivity index (χ0v) is 9.32. The van der Waals surface area contributed by atoms with Gasteiger partial charge in [-0.25, -0.2) is 0 Å². The van der Waals surface area contributed by atoms with Gasteiger partial charge in [0.25, 0.3) is 0 Å². The molecule has 1 fully saturated rings. The van der Waals surface area contributed by atoms with Gasteiger partial charge in [0.2, 0.25) is 0 Å². The largest absolute Gasteiger partial charge is 0.354 e. The summed E-state index contributed by atoms with van der Waals surface area (Å²) in [5.41, 5.74) is 0. The van der Waals surface area contributed by atoms with Crippen LogP contribution in [0, 0.1) is 17.8 Å². The van der Waals surface area contributed by atoms with Gasteiger partial charge < -0.3 is 4.57 Å². The van der Waals surface area contributed by atoms with Gasteiger partial charge in [-0.3, -0.25) is 0 Å². The molecule has 0 bridgehead atoms. The molecule has 1 aliphatic rings. The number of rotatable bonds is 2. The summed E-state index contributed by atoms with van der Waals surface area (Å²) in [7, 11) is 0. The van der Waals surface area contributed by atoms with Crippen LogP contribution in [0.2, 0.25) is 0 Å². The van der Waals surface area contributed by atoms with Crippen LogP contribution in [0.25, 0.3) is 0 Å². The van der Waals surface area contributed by atoms with Gasteiger partial charge >= 0.3 is 0 Å². The Morgan fingerprint density at radius 3 is 2.14 bits per heavy atom. The molecule has 2 rings (SSSR count). The predicted molar refractivity (Wildman–Crippen MR) is 60.1 cm³/mol. The van der Waals surface area contributed by atoms with Crippen molar-refractivity contribution in [3.05, 3.63) is 24.5 Å². The smallest absolute Gasteiger partial charge is 0.0248 e. The molecule has 1 nitrogen and oxygen atoms in total. The van der Waals surface area contributed by atoms with Gasteiger partial charge in [-0.2, -0.15) is 0 Å². The summed E-state index contributed by atoms with van der Waals surface area (Å²) in [6, 6.07) is 4.24. The van der Waals surface area contributed by atoms with Crippen LogP contribution in [0.15, 0.2) is 24.5 Å². The van der Waals surface area contributed by atoms with Gasteiger partial charge in [0, 0.05) is 18.9 Å². The number of hydrogen-bond donors (Lipinski definition) is 0. The van der Waals surface area contributed by atoms with Crippen LogP contribution < -0.4 is 0 Å². The van der Waals surface area contributed by atoms with Crippen molar-refractivity contribution in [2.45, 2.75) is 39.7 Å². The molecule has 1 aromatic heterocycles. The molecule has 2 atom stereocenters. The molecule has 2 unspecified atom stereocenters. The second kappa shape index (κ2) is 4.20. The first kappa shape index (κ1) is 9.82. The minimum atomic E-state index is 0.904. The summed E-state index contributed by atoms with van der Waals surface area (Å²) >= 11 is 0. The van der Waals surface area contributed by atoms with Gasteiger partial charge in [-0.15, -0.1) is 0 Å². The SMILES string of the molecule is CC1CC(C)CC(Cn2cccc2)C1. The first-order valence-electron chi connectivity index (χ1n) is 5.85. The highest BCUT2D eigenvalue weighted by molar-refractivity contribution is 4.91. The fourth-order valence-corrected chi connectivity index (χ4v) is 3.05. The number of hydrogen-bond acceptors (Lipinski definition) is 0. The minimum Gasteiger partial charge on any atom is -0.354 e. The van der Waals surface area contributed by atoms with E-state index in [-0.39, 0.29) is 0 Å². The van der Waals surface area contributed by atoms with Crippen LogP contribution in [0.4, 0.5) is 0 Å². The molecule has 0 amide bonds. The van der Waals surface area contributed by atoms with Gasteiger partial charge in [0.05, 0.1) is 0 Å². The molecule has 0 N–H and O–H groups in total. The summed E-state index contributed by atoms with van der Waals surface area (Å²) in [5, 5.41) is 0. The van der Waals surface area contributed by atoms with Crippen molar-refractivity contribution < 1.29 is 0 Å². The lowest BCUT2D eigenvalue weighted by atomic mass is 9.77. The van der Waals surface area contributed by atoms with Crippen LogP contribution in [0.3, 0.4) is 0 Å². The van der Waals surface area contributed by atoms with Crippen molar-refractivity contribution in [3.63, 3.8) is 0 Å². The standard InChI is InChI=1S/C13H21N/c1-11-7-12(2)9-13(8-11)10-14-5-3-4-6-14/h3-6,11-13H,7-10H2,1-2H3. The van der Waals surface area contributed by atoms with E-state index >= 15 is 0 Å². The Bertz CT molecular complexity index is 253. The maximum atomic E-state index is 2.40. The monoisotopic (exact) mass is 191 g/mol. The van der Waals surface area contributed by atoms with E-state index in [1.54, 1.807) is 0 Å². The van der Waals surface area contributed by atoms with Crippen molar-refractivity contribution in [2.75, 3.05) is 0 Å². The third kappa shape index (κ3) is 2.40. The van der Waals surface area contributed by atoms with E-state index in [4.69, 9.17) is 0 Å². The van der Waals surface area contributed by atoms with Crippen molar-refractivity contribution >= 4 is 0 Å². The van der Waals surface area contributed by atoms with Crippen LogP contribution in [-0.4, -0.2) is 4.57 Å². The van der Waals surface area contributed by atoms with E-state index in [1.165, 1.54) is 25.8 Å². The lowest BCUT2D eigenvalue weighted by Crippen LogP contribution is -2.22. The Morgan fingerprint density at radius 1 is 1.00 bits per heavy atom. The van der Waals surface area contributed by atoms with E-state index in [2.05, 4.69) is 42.9 Å². The Balaban J connectivity index is 1.91. The van der Waals surface area contributed by atoms with E-state index in [0.717, 1.165) is 17.8 Å². The Morgan fingerprint density at radius 2 is 1.57 bits per heavy atom. The van der Waals surface area contributed by atoms with Gasteiger partial charge in [0.1, 0.15) is 0 Å². The molecule has 1 heteroatoms. The lowest BCUT2D eigenvalue weighted by molar-refractivity contribution is 0.201. The summed E-state index contributed by atoms with van der Waals surface area (Å²) < 4.78 is 2.33. The minimum absolute atomic E-state index is 0.904. The Kier molecular flexibility index (Phi) is 2.95. The van der Waals surface area contributed by atoms with Crippen molar-refractivity contribution in [1.82, 2.24) is 4.57 Å². The molecule has 0 saturated heterocycles. The van der Waals surface area contributed by atoms with Crippen LogP contribution in [0.1, 0.15) is 33.1 Å². The number of nitrogens with zero attached hydrogens (tertiary/aromatic N) is 1. The van der Waals surface area contributed by atoms with E-state index in [9.17, 15) is 0 Å². The van der Waals surface area contributed by atoms with Crippen molar-refractivity contribution in [1.29, 1.82) is 0 Å². The second-order valence-electron chi connectivity index (χ2n) is 5.16. The second-order valence-corrected chi connectivity index (χ2v) is 5.16. The van der Waals surface area contributed by atoms with Crippen LogP contribution in [-0.2, 0) is 6.54 Å². The van der Waals surface area contributed by atoms with Crippen molar-refractivity contribution in [3.8, 4) is 0 Å². The predicted octanol–water partition coefficient (Wildman–Crippen LogP) is 3.56. The van der Waals surface area contributed by atoms with E-state index < -0.39 is 0 Å². The molecule has 0 aromatic carbocycles. The highest BCUT2D eigenvalue weighted by atomic mass is 14.9. The third-order valence-electron chi connectivity index (χ3n) is 3.41. The molecule has 0 radical (unpaired) electrons. The van der Waals surface area contributed by atoms with Crippen LogP contribution in [0.5, 0.6) is 0 Å². The van der Waals surface area contributed by atoms with Gasteiger partial charge in [0.15, 0.2) is 0 Å². The van der Waals surface area contributed by atoms with E-state index in [1.807, 2.05) is 0 Å². The maximum Gasteiger partial charge on any atom is 0.0248 e. The topological polar surface area (TPSA) is 4.93 Å². The number of aromatic nitrogens is 1. The molecule has 0 spiro atoms. The molecule has 1 aliphatic carbocycles. The molecule has 1 heterocycles. The summed E-state index contributed by atoms with van der Waals surface area (Å²) in [4.78, 5) is 0. The zero-order chi connectivity index (χ0) is 9.97. The quantitative estimate of drug-likeness (QED) is 0.673. The fraction of sp³-hybridized carbons (Fsp3) is 0.692. The average Bonchev–Trinajstić information content (AvgIpc) is 2.54.